The molecule has 1 rings (SSSR count). The Hall–Kier alpha value is -1.75. The quantitative estimate of drug-likeness (QED) is 0.341. The maximum atomic E-state index is 11.1. The molecular formula is C11H15NO4. The summed E-state index contributed by atoms with van der Waals surface area (Å²) in [7, 11) is 0. The largest absolute Gasteiger partial charge is 0.482 e. The maximum absolute atomic E-state index is 11.1. The van der Waals surface area contributed by atoms with Crippen LogP contribution in [0.2, 0.25) is 0 Å². The Kier molecular flexibility index (Phi) is 5.15. The average Bonchev–Trinajstić information content (AvgIpc) is 2.29. The molecule has 1 aromatic carbocycles. The zero-order valence-corrected chi connectivity index (χ0v) is 9.14. The highest BCUT2D eigenvalue weighted by atomic mass is 16.7. The fourth-order valence-corrected chi connectivity index (χ4v) is 0.939. The topological polar surface area (TPSA) is 70.8 Å². The molecule has 0 spiro atoms. The molecule has 0 unspecified atom stereocenters. The molecule has 0 radical (unpaired) electrons. The fourth-order valence-electron chi connectivity index (χ4n) is 0.939. The zero-order valence-electron chi connectivity index (χ0n) is 9.14. The van der Waals surface area contributed by atoms with E-state index in [9.17, 15) is 4.79 Å². The summed E-state index contributed by atoms with van der Waals surface area (Å²) in [5.74, 6) is 0.104. The van der Waals surface area contributed by atoms with Gasteiger partial charge in [0.2, 0.25) is 0 Å². The predicted octanol–water partition coefficient (Wildman–Crippen LogP) is 1.18. The molecule has 0 fully saturated rings. The van der Waals surface area contributed by atoms with Gasteiger partial charge in [-0.3, -0.25) is 0 Å². The summed E-state index contributed by atoms with van der Waals surface area (Å²) in [6, 6.07) is 6.76. The summed E-state index contributed by atoms with van der Waals surface area (Å²) in [6.45, 7) is 2.14. The summed E-state index contributed by atoms with van der Waals surface area (Å²) in [4.78, 5) is 11.1. The average molecular weight is 225 g/mol. The Balaban J connectivity index is 2.23. The zero-order chi connectivity index (χ0) is 11.8. The number of rotatable bonds is 6. The van der Waals surface area contributed by atoms with Crippen molar-refractivity contribution >= 4 is 11.7 Å². The molecule has 2 N–H and O–H groups in total. The second kappa shape index (κ2) is 6.68. The minimum Gasteiger partial charge on any atom is -0.482 e. The molecule has 0 atom stereocenters. The number of nitrogens with two attached hydrogens (primary N) is 1. The molecule has 5 nitrogen and oxygen atoms in total. The van der Waals surface area contributed by atoms with Crippen molar-refractivity contribution < 1.29 is 19.0 Å². The van der Waals surface area contributed by atoms with Crippen molar-refractivity contribution in [3.05, 3.63) is 24.3 Å². The second-order valence-corrected chi connectivity index (χ2v) is 2.98. The van der Waals surface area contributed by atoms with Crippen molar-refractivity contribution in [2.24, 2.45) is 0 Å². The van der Waals surface area contributed by atoms with E-state index in [0.29, 0.717) is 18.0 Å². The van der Waals surface area contributed by atoms with E-state index in [2.05, 4.69) is 0 Å². The Morgan fingerprint density at radius 2 is 2.00 bits per heavy atom. The van der Waals surface area contributed by atoms with Crippen molar-refractivity contribution in [2.75, 3.05) is 25.7 Å². The summed E-state index contributed by atoms with van der Waals surface area (Å²) < 4.78 is 14.7. The van der Waals surface area contributed by atoms with E-state index < -0.39 is 5.97 Å². The van der Waals surface area contributed by atoms with E-state index in [0.717, 1.165) is 0 Å². The Morgan fingerprint density at radius 1 is 1.31 bits per heavy atom. The molecule has 88 valence electrons. The first-order valence-corrected chi connectivity index (χ1v) is 4.94. The molecule has 0 aliphatic heterocycles. The lowest BCUT2D eigenvalue weighted by molar-refractivity contribution is -0.158. The van der Waals surface area contributed by atoms with E-state index >= 15 is 0 Å². The Morgan fingerprint density at radius 3 is 2.62 bits per heavy atom. The lowest BCUT2D eigenvalue weighted by atomic mass is 10.3. The van der Waals surface area contributed by atoms with Gasteiger partial charge in [0.1, 0.15) is 5.75 Å². The molecule has 0 bridgehead atoms. The highest BCUT2D eigenvalue weighted by Gasteiger charge is 2.03. The van der Waals surface area contributed by atoms with Crippen LogP contribution < -0.4 is 10.5 Å². The Labute approximate surface area is 94.1 Å². The molecule has 0 aromatic heterocycles. The molecule has 0 amide bonds. The smallest absolute Gasteiger partial charge is 0.346 e. The van der Waals surface area contributed by atoms with Gasteiger partial charge in [-0.25, -0.2) is 4.79 Å². The molecule has 0 heterocycles. The first kappa shape index (κ1) is 12.3. The van der Waals surface area contributed by atoms with Gasteiger partial charge in [0.15, 0.2) is 13.4 Å². The van der Waals surface area contributed by atoms with Crippen LogP contribution >= 0.6 is 0 Å². The highest BCUT2D eigenvalue weighted by Crippen LogP contribution is 2.12. The molecular weight excluding hydrogens is 210 g/mol. The number of nitrogen functional groups attached to an aromatic ring is 1. The van der Waals surface area contributed by atoms with Crippen LogP contribution in [0.5, 0.6) is 5.75 Å². The summed E-state index contributed by atoms with van der Waals surface area (Å²) in [6.07, 6.45) is 0. The van der Waals surface area contributed by atoms with E-state index in [4.69, 9.17) is 19.9 Å². The normalized spacial score (nSPS) is 9.81. The standard InChI is InChI=1S/C11H15NO4/c1-2-14-8-16-11(13)7-15-10-5-3-9(12)4-6-10/h3-6H,2,7-8,12H2,1H3. The minimum absolute atomic E-state index is 0.0412. The Bertz CT molecular complexity index is 323. The van der Waals surface area contributed by atoms with Crippen molar-refractivity contribution in [2.45, 2.75) is 6.92 Å². The van der Waals surface area contributed by atoms with Gasteiger partial charge in [-0.2, -0.15) is 0 Å². The highest BCUT2D eigenvalue weighted by molar-refractivity contribution is 5.71. The third kappa shape index (κ3) is 4.65. The third-order valence-corrected chi connectivity index (χ3v) is 1.74. The number of hydrogen-bond acceptors (Lipinski definition) is 5. The van der Waals surface area contributed by atoms with Crippen LogP contribution in [0.15, 0.2) is 24.3 Å². The van der Waals surface area contributed by atoms with E-state index in [1.807, 2.05) is 6.92 Å². The number of carbonyl (C=O) groups is 1. The molecule has 5 heteroatoms. The van der Waals surface area contributed by atoms with Gasteiger partial charge in [0, 0.05) is 12.3 Å². The van der Waals surface area contributed by atoms with Gasteiger partial charge >= 0.3 is 5.97 Å². The van der Waals surface area contributed by atoms with Crippen LogP contribution in [0.25, 0.3) is 0 Å². The number of esters is 1. The number of carbonyl (C=O) groups excluding carboxylic acids is 1. The molecule has 0 saturated carbocycles. The monoisotopic (exact) mass is 225 g/mol. The lowest BCUT2D eigenvalue weighted by Gasteiger charge is -2.06. The van der Waals surface area contributed by atoms with Crippen molar-refractivity contribution in [3.63, 3.8) is 0 Å². The predicted molar refractivity (Wildman–Crippen MR) is 58.9 cm³/mol. The third-order valence-electron chi connectivity index (χ3n) is 1.74. The van der Waals surface area contributed by atoms with E-state index in [1.54, 1.807) is 24.3 Å². The van der Waals surface area contributed by atoms with Gasteiger partial charge in [0.25, 0.3) is 0 Å². The van der Waals surface area contributed by atoms with Crippen LogP contribution in [-0.2, 0) is 14.3 Å². The second-order valence-electron chi connectivity index (χ2n) is 2.98. The van der Waals surface area contributed by atoms with Crippen LogP contribution in [-0.4, -0.2) is 26.0 Å². The molecule has 0 saturated heterocycles. The number of hydrogen-bond donors (Lipinski definition) is 1. The molecule has 1 aromatic rings. The van der Waals surface area contributed by atoms with E-state index in [1.165, 1.54) is 0 Å². The number of anilines is 1. The number of benzene rings is 1. The van der Waals surface area contributed by atoms with Crippen molar-refractivity contribution in [1.82, 2.24) is 0 Å². The molecule has 0 aliphatic carbocycles. The first-order valence-electron chi connectivity index (χ1n) is 4.94. The van der Waals surface area contributed by atoms with Gasteiger partial charge < -0.3 is 19.9 Å². The lowest BCUT2D eigenvalue weighted by Crippen LogP contribution is -2.16. The SMILES string of the molecule is CCOCOC(=O)COc1ccc(N)cc1. The molecule has 16 heavy (non-hydrogen) atoms. The molecule has 0 aliphatic rings. The van der Waals surface area contributed by atoms with E-state index in [-0.39, 0.29) is 13.4 Å². The van der Waals surface area contributed by atoms with Crippen LogP contribution in [0.4, 0.5) is 5.69 Å². The van der Waals surface area contributed by atoms with Crippen LogP contribution in [0.3, 0.4) is 0 Å². The summed E-state index contributed by atoms with van der Waals surface area (Å²) in [5.41, 5.74) is 6.14. The van der Waals surface area contributed by atoms with Gasteiger partial charge in [-0.05, 0) is 31.2 Å². The van der Waals surface area contributed by atoms with Crippen LogP contribution in [0, 0.1) is 0 Å². The fraction of sp³-hybridized carbons (Fsp3) is 0.364. The number of ether oxygens (including phenoxy) is 3. The first-order chi connectivity index (χ1) is 7.72. The van der Waals surface area contributed by atoms with Gasteiger partial charge in [-0.1, -0.05) is 0 Å². The van der Waals surface area contributed by atoms with Gasteiger partial charge in [-0.15, -0.1) is 0 Å². The van der Waals surface area contributed by atoms with Crippen molar-refractivity contribution in [3.8, 4) is 5.75 Å². The van der Waals surface area contributed by atoms with Crippen molar-refractivity contribution in [1.29, 1.82) is 0 Å². The van der Waals surface area contributed by atoms with Crippen LogP contribution in [0.1, 0.15) is 6.92 Å². The summed E-state index contributed by atoms with van der Waals surface area (Å²) in [5, 5.41) is 0. The minimum atomic E-state index is -0.467. The maximum Gasteiger partial charge on any atom is 0.346 e. The summed E-state index contributed by atoms with van der Waals surface area (Å²) >= 11 is 0. The van der Waals surface area contributed by atoms with Gasteiger partial charge in [0.05, 0.1) is 0 Å².